The second kappa shape index (κ2) is 10.4. The van der Waals surface area contributed by atoms with Gasteiger partial charge in [-0.15, -0.1) is 0 Å². The van der Waals surface area contributed by atoms with Crippen LogP contribution in [-0.2, 0) is 28.8 Å². The van der Waals surface area contributed by atoms with Gasteiger partial charge in [-0.05, 0) is 70.7 Å². The van der Waals surface area contributed by atoms with E-state index in [2.05, 4.69) is 17.4 Å². The number of ether oxygens (including phenoxy) is 2. The standard InChI is InChI=1S/C30H31NO5/c1-2-14-35-28-17-20-9-7-8-19(20)15-21(28)16-27(29(32)33)31-30(34)36-18-26-24-12-5-3-10-22(24)23-11-4-6-13-25(23)26/h3-6,10-13,15,17,26-27H,2,7-9,14,16,18H2,1H3,(H,31,34)(H,32,33). The van der Waals surface area contributed by atoms with Crippen LogP contribution in [0.3, 0.4) is 0 Å². The maximum Gasteiger partial charge on any atom is 0.407 e. The van der Waals surface area contributed by atoms with Crippen LogP contribution in [0.15, 0.2) is 60.7 Å². The van der Waals surface area contributed by atoms with Gasteiger partial charge in [-0.25, -0.2) is 9.59 Å². The quantitative estimate of drug-likeness (QED) is 0.418. The minimum absolute atomic E-state index is 0.0859. The number of hydrogen-bond donors (Lipinski definition) is 2. The molecule has 6 nitrogen and oxygen atoms in total. The van der Waals surface area contributed by atoms with Gasteiger partial charge in [0.25, 0.3) is 0 Å². The maximum absolute atomic E-state index is 12.7. The van der Waals surface area contributed by atoms with Gasteiger partial charge in [-0.3, -0.25) is 0 Å². The van der Waals surface area contributed by atoms with E-state index in [0.717, 1.165) is 53.5 Å². The molecule has 3 aromatic rings. The van der Waals surface area contributed by atoms with Crippen molar-refractivity contribution in [1.29, 1.82) is 0 Å². The third-order valence-electron chi connectivity index (χ3n) is 7.09. The molecule has 0 bridgehead atoms. The maximum atomic E-state index is 12.7. The zero-order chi connectivity index (χ0) is 25.1. The van der Waals surface area contributed by atoms with E-state index >= 15 is 0 Å². The first-order valence-electron chi connectivity index (χ1n) is 12.7. The number of carbonyl (C=O) groups excluding carboxylic acids is 1. The van der Waals surface area contributed by atoms with Gasteiger partial charge < -0.3 is 19.9 Å². The van der Waals surface area contributed by atoms with Crippen molar-refractivity contribution >= 4 is 12.1 Å². The predicted octanol–water partition coefficient (Wildman–Crippen LogP) is 5.50. The van der Waals surface area contributed by atoms with E-state index in [1.54, 1.807) is 0 Å². The Bertz CT molecular complexity index is 1240. The Labute approximate surface area is 211 Å². The van der Waals surface area contributed by atoms with Crippen LogP contribution >= 0.6 is 0 Å². The monoisotopic (exact) mass is 485 g/mol. The zero-order valence-corrected chi connectivity index (χ0v) is 20.5. The van der Waals surface area contributed by atoms with Crippen LogP contribution < -0.4 is 10.1 Å². The highest BCUT2D eigenvalue weighted by Crippen LogP contribution is 2.44. The summed E-state index contributed by atoms with van der Waals surface area (Å²) in [6.07, 6.45) is 3.34. The van der Waals surface area contributed by atoms with Crippen LogP contribution in [0.4, 0.5) is 4.79 Å². The van der Waals surface area contributed by atoms with E-state index in [4.69, 9.17) is 9.47 Å². The highest BCUT2D eigenvalue weighted by atomic mass is 16.5. The van der Waals surface area contributed by atoms with Crippen molar-refractivity contribution in [2.75, 3.05) is 13.2 Å². The summed E-state index contributed by atoms with van der Waals surface area (Å²) in [5, 5.41) is 12.4. The molecule has 2 N–H and O–H groups in total. The number of fused-ring (bicyclic) bond motifs is 4. The predicted molar refractivity (Wildman–Crippen MR) is 138 cm³/mol. The van der Waals surface area contributed by atoms with Gasteiger partial charge in [-0.2, -0.15) is 0 Å². The molecule has 2 aliphatic rings. The second-order valence-electron chi connectivity index (χ2n) is 9.50. The molecule has 2 aliphatic carbocycles. The van der Waals surface area contributed by atoms with E-state index in [9.17, 15) is 14.7 Å². The van der Waals surface area contributed by atoms with E-state index in [1.165, 1.54) is 11.1 Å². The Morgan fingerprint density at radius 1 is 1.00 bits per heavy atom. The lowest BCUT2D eigenvalue weighted by Crippen LogP contribution is -2.43. The molecule has 3 aromatic carbocycles. The highest BCUT2D eigenvalue weighted by molar-refractivity contribution is 5.81. The van der Waals surface area contributed by atoms with Crippen molar-refractivity contribution in [1.82, 2.24) is 5.32 Å². The lowest BCUT2D eigenvalue weighted by molar-refractivity contribution is -0.139. The fraction of sp³-hybridized carbons (Fsp3) is 0.333. The largest absolute Gasteiger partial charge is 0.493 e. The third kappa shape index (κ3) is 4.81. The summed E-state index contributed by atoms with van der Waals surface area (Å²) in [5.74, 6) is -0.485. The van der Waals surface area contributed by atoms with Crippen LogP contribution in [0.25, 0.3) is 11.1 Å². The van der Waals surface area contributed by atoms with Crippen LogP contribution in [0.1, 0.15) is 53.5 Å². The summed E-state index contributed by atoms with van der Waals surface area (Å²) in [7, 11) is 0. The van der Waals surface area contributed by atoms with E-state index in [0.29, 0.717) is 12.4 Å². The SMILES string of the molecule is CCCOc1cc2c(cc1CC(NC(=O)OCC1c3ccccc3-c3ccccc31)C(=O)O)CCC2. The molecule has 36 heavy (non-hydrogen) atoms. The van der Waals surface area contributed by atoms with E-state index < -0.39 is 18.1 Å². The number of hydrogen-bond acceptors (Lipinski definition) is 4. The summed E-state index contributed by atoms with van der Waals surface area (Å²) in [6, 6.07) is 19.2. The third-order valence-corrected chi connectivity index (χ3v) is 7.09. The van der Waals surface area contributed by atoms with Crippen molar-refractivity contribution in [3.05, 3.63) is 88.5 Å². The topological polar surface area (TPSA) is 84.9 Å². The molecule has 0 radical (unpaired) electrons. The molecule has 0 spiro atoms. The average Bonchev–Trinajstić information content (AvgIpc) is 3.47. The Kier molecular flexibility index (Phi) is 6.94. The summed E-state index contributed by atoms with van der Waals surface area (Å²) < 4.78 is 11.5. The molecule has 1 amide bonds. The smallest absolute Gasteiger partial charge is 0.407 e. The molecular weight excluding hydrogens is 454 g/mol. The van der Waals surface area contributed by atoms with Gasteiger partial charge in [-0.1, -0.05) is 61.5 Å². The Morgan fingerprint density at radius 2 is 1.64 bits per heavy atom. The number of carboxylic acids is 1. The number of nitrogens with one attached hydrogen (secondary N) is 1. The van der Waals surface area contributed by atoms with Gasteiger partial charge in [0, 0.05) is 12.3 Å². The fourth-order valence-electron chi connectivity index (χ4n) is 5.36. The first-order chi connectivity index (χ1) is 17.5. The van der Waals surface area contributed by atoms with Crippen molar-refractivity contribution < 1.29 is 24.2 Å². The molecule has 6 heteroatoms. The molecule has 186 valence electrons. The summed E-state index contributed by atoms with van der Waals surface area (Å²) >= 11 is 0. The minimum Gasteiger partial charge on any atom is -0.493 e. The molecule has 0 fully saturated rings. The lowest BCUT2D eigenvalue weighted by Gasteiger charge is -2.19. The number of carboxylic acid groups (broad SMARTS) is 1. The number of amides is 1. The summed E-state index contributed by atoms with van der Waals surface area (Å²) in [6.45, 7) is 2.73. The van der Waals surface area contributed by atoms with Crippen molar-refractivity contribution in [2.24, 2.45) is 0 Å². The molecule has 0 aliphatic heterocycles. The second-order valence-corrected chi connectivity index (χ2v) is 9.50. The summed E-state index contributed by atoms with van der Waals surface area (Å²) in [4.78, 5) is 24.8. The zero-order valence-electron chi connectivity index (χ0n) is 20.5. The molecule has 0 saturated heterocycles. The number of aliphatic carboxylic acids is 1. The number of carbonyl (C=O) groups is 2. The summed E-state index contributed by atoms with van der Waals surface area (Å²) in [5.41, 5.74) is 7.80. The molecule has 5 rings (SSSR count). The normalized spacial score (nSPS) is 14.5. The van der Waals surface area contributed by atoms with Gasteiger partial charge in [0.2, 0.25) is 0 Å². The van der Waals surface area contributed by atoms with Crippen molar-refractivity contribution in [3.63, 3.8) is 0 Å². The van der Waals surface area contributed by atoms with Gasteiger partial charge >= 0.3 is 12.1 Å². The number of benzene rings is 3. The molecule has 1 atom stereocenters. The molecular formula is C30H31NO5. The van der Waals surface area contributed by atoms with Crippen LogP contribution in [0.5, 0.6) is 5.75 Å². The molecule has 0 aromatic heterocycles. The highest BCUT2D eigenvalue weighted by Gasteiger charge is 2.30. The Balaban J connectivity index is 1.28. The Morgan fingerprint density at radius 3 is 2.28 bits per heavy atom. The molecule has 0 heterocycles. The van der Waals surface area contributed by atoms with Gasteiger partial charge in [0.15, 0.2) is 0 Å². The number of alkyl carbamates (subject to hydrolysis) is 1. The number of aryl methyl sites for hydroxylation is 2. The van der Waals surface area contributed by atoms with Crippen molar-refractivity contribution in [2.45, 2.75) is 51.0 Å². The van der Waals surface area contributed by atoms with Crippen LogP contribution in [0, 0.1) is 0 Å². The van der Waals surface area contributed by atoms with Gasteiger partial charge in [0.1, 0.15) is 18.4 Å². The number of rotatable bonds is 9. The first-order valence-corrected chi connectivity index (χ1v) is 12.7. The van der Waals surface area contributed by atoms with Crippen LogP contribution in [0.2, 0.25) is 0 Å². The fourth-order valence-corrected chi connectivity index (χ4v) is 5.36. The Hall–Kier alpha value is -3.80. The molecule has 1 unspecified atom stereocenters. The van der Waals surface area contributed by atoms with E-state index in [1.807, 2.05) is 55.5 Å². The van der Waals surface area contributed by atoms with Crippen LogP contribution in [-0.4, -0.2) is 36.4 Å². The lowest BCUT2D eigenvalue weighted by atomic mass is 9.98. The van der Waals surface area contributed by atoms with Gasteiger partial charge in [0.05, 0.1) is 6.61 Å². The average molecular weight is 486 g/mol. The first kappa shape index (κ1) is 23.9. The van der Waals surface area contributed by atoms with Crippen molar-refractivity contribution in [3.8, 4) is 16.9 Å². The van der Waals surface area contributed by atoms with E-state index in [-0.39, 0.29) is 18.9 Å². The minimum atomic E-state index is -1.12. The molecule has 0 saturated carbocycles.